The fourth-order valence-electron chi connectivity index (χ4n) is 3.13. The van der Waals surface area contributed by atoms with E-state index in [1.54, 1.807) is 18.3 Å². The molecule has 4 N–H and O–H groups in total. The minimum atomic E-state index is -0.291. The van der Waals surface area contributed by atoms with Crippen LogP contribution in [0.5, 0.6) is 5.88 Å². The van der Waals surface area contributed by atoms with Gasteiger partial charge in [0.15, 0.2) is 0 Å². The number of aromatic nitrogens is 3. The molecule has 0 saturated carbocycles. The number of rotatable bonds is 8. The molecule has 180 valence electrons. The fraction of sp³-hybridized carbons (Fsp3) is 0.333. The number of aryl methyl sites for hydroxylation is 1. The normalized spacial score (nSPS) is 13.3. The summed E-state index contributed by atoms with van der Waals surface area (Å²) in [5.41, 5.74) is 1.58. The van der Waals surface area contributed by atoms with Gasteiger partial charge in [-0.15, -0.1) is 0 Å². The summed E-state index contributed by atoms with van der Waals surface area (Å²) >= 11 is 0. The molecule has 1 aromatic carbocycles. The first-order valence-electron chi connectivity index (χ1n) is 11.2. The summed E-state index contributed by atoms with van der Waals surface area (Å²) in [6.45, 7) is 6.44. The Morgan fingerprint density at radius 1 is 1.12 bits per heavy atom. The third-order valence-corrected chi connectivity index (χ3v) is 4.90. The second-order valence-corrected chi connectivity index (χ2v) is 7.59. The Bertz CT molecular complexity index is 1040. The molecule has 0 aliphatic carbocycles. The summed E-state index contributed by atoms with van der Waals surface area (Å²) < 4.78 is 19.1. The van der Waals surface area contributed by atoms with Crippen LogP contribution in [-0.4, -0.2) is 47.1 Å². The summed E-state index contributed by atoms with van der Waals surface area (Å²) in [7, 11) is 0. The number of piperidine rings is 1. The van der Waals surface area contributed by atoms with E-state index >= 15 is 0 Å². The van der Waals surface area contributed by atoms with Crippen molar-refractivity contribution in [3.8, 4) is 5.88 Å². The molecule has 34 heavy (non-hydrogen) atoms. The Labute approximate surface area is 198 Å². The lowest BCUT2D eigenvalue weighted by molar-refractivity contribution is -0.109. The fourth-order valence-corrected chi connectivity index (χ4v) is 3.13. The van der Waals surface area contributed by atoms with Crippen LogP contribution in [0.1, 0.15) is 25.3 Å². The van der Waals surface area contributed by atoms with Gasteiger partial charge in [-0.25, -0.2) is 9.37 Å². The topological polar surface area (TPSA) is 113 Å². The van der Waals surface area contributed by atoms with Crippen molar-refractivity contribution in [1.82, 2.24) is 25.6 Å². The van der Waals surface area contributed by atoms with Crippen LogP contribution in [0.4, 0.5) is 27.7 Å². The smallest absolute Gasteiger partial charge is 0.229 e. The summed E-state index contributed by atoms with van der Waals surface area (Å²) in [6.07, 6.45) is 4.54. The summed E-state index contributed by atoms with van der Waals surface area (Å²) in [5, 5.41) is 12.1. The number of hydrogen-bond acceptors (Lipinski definition) is 8. The highest BCUT2D eigenvalue weighted by Crippen LogP contribution is 2.22. The van der Waals surface area contributed by atoms with Crippen molar-refractivity contribution in [2.75, 3.05) is 30.3 Å². The first kappa shape index (κ1) is 24.8. The van der Waals surface area contributed by atoms with Crippen LogP contribution in [0.2, 0.25) is 0 Å². The lowest BCUT2D eigenvalue weighted by Gasteiger charge is -2.23. The van der Waals surface area contributed by atoms with E-state index < -0.39 is 0 Å². The first-order valence-corrected chi connectivity index (χ1v) is 11.2. The standard InChI is InChI=1S/C21H23FN6O.C3H7NO/c1-14-13-24-21(25-16-7-5-15(22)6-8-16)28-20(14)27-18-3-2-4-19(26-18)29-17-9-11-23-12-10-17;1-2-4-3-5/h2-8,13,17,23H,9-12H2,1H3,(H2,24,25,26,27,28);3H,2H2,1H3,(H,4,5). The van der Waals surface area contributed by atoms with Crippen LogP contribution in [-0.2, 0) is 4.79 Å². The van der Waals surface area contributed by atoms with E-state index in [2.05, 4.69) is 36.2 Å². The minimum Gasteiger partial charge on any atom is -0.474 e. The molecule has 1 fully saturated rings. The van der Waals surface area contributed by atoms with Crippen molar-refractivity contribution in [1.29, 1.82) is 0 Å². The summed E-state index contributed by atoms with van der Waals surface area (Å²) in [6, 6.07) is 11.7. The zero-order valence-electron chi connectivity index (χ0n) is 19.3. The van der Waals surface area contributed by atoms with Gasteiger partial charge in [0.1, 0.15) is 23.6 Å². The average molecular weight is 468 g/mol. The lowest BCUT2D eigenvalue weighted by Crippen LogP contribution is -2.34. The molecule has 1 aliphatic rings. The maximum absolute atomic E-state index is 13.1. The Kier molecular flexibility index (Phi) is 9.53. The maximum Gasteiger partial charge on any atom is 0.229 e. The number of ether oxygens (including phenoxy) is 1. The Morgan fingerprint density at radius 3 is 2.56 bits per heavy atom. The van der Waals surface area contributed by atoms with Crippen molar-refractivity contribution < 1.29 is 13.9 Å². The highest BCUT2D eigenvalue weighted by atomic mass is 19.1. The maximum atomic E-state index is 13.1. The lowest BCUT2D eigenvalue weighted by atomic mass is 10.1. The van der Waals surface area contributed by atoms with Crippen LogP contribution < -0.4 is 26.0 Å². The number of hydrogen-bond donors (Lipinski definition) is 4. The van der Waals surface area contributed by atoms with Gasteiger partial charge in [-0.3, -0.25) is 4.79 Å². The summed E-state index contributed by atoms with van der Waals surface area (Å²) in [5.74, 6) is 1.99. The summed E-state index contributed by atoms with van der Waals surface area (Å²) in [4.78, 5) is 22.6. The van der Waals surface area contributed by atoms with Gasteiger partial charge in [-0.2, -0.15) is 9.97 Å². The van der Waals surface area contributed by atoms with Gasteiger partial charge < -0.3 is 26.0 Å². The molecule has 2 aromatic heterocycles. The van der Waals surface area contributed by atoms with Crippen molar-refractivity contribution in [3.05, 3.63) is 60.0 Å². The number of nitrogens with zero attached hydrogens (tertiary/aromatic N) is 3. The van der Waals surface area contributed by atoms with Crippen molar-refractivity contribution in [3.63, 3.8) is 0 Å². The number of anilines is 4. The number of benzene rings is 1. The largest absolute Gasteiger partial charge is 0.474 e. The zero-order chi connectivity index (χ0) is 24.2. The molecular formula is C24H30FN7O2. The van der Waals surface area contributed by atoms with E-state index in [9.17, 15) is 9.18 Å². The van der Waals surface area contributed by atoms with Crippen molar-refractivity contribution in [2.45, 2.75) is 32.8 Å². The third kappa shape index (κ3) is 7.96. The van der Waals surface area contributed by atoms with Crippen LogP contribution in [0.25, 0.3) is 0 Å². The Hall–Kier alpha value is -3.79. The van der Waals surface area contributed by atoms with Gasteiger partial charge in [0.05, 0.1) is 0 Å². The molecular weight excluding hydrogens is 437 g/mol. The number of carbonyl (C=O) groups is 1. The van der Waals surface area contributed by atoms with Gasteiger partial charge in [0, 0.05) is 30.1 Å². The number of nitrogens with one attached hydrogen (secondary N) is 4. The van der Waals surface area contributed by atoms with Crippen LogP contribution in [0.15, 0.2) is 48.7 Å². The second kappa shape index (κ2) is 13.0. The predicted molar refractivity (Wildman–Crippen MR) is 130 cm³/mol. The number of amides is 1. The number of halogens is 1. The molecule has 4 rings (SSSR count). The molecule has 1 aliphatic heterocycles. The SMILES string of the molecule is CCNC=O.Cc1cnc(Nc2ccc(F)cc2)nc1Nc1cccc(OC2CCNCC2)n1. The third-order valence-electron chi connectivity index (χ3n) is 4.90. The molecule has 10 heteroatoms. The highest BCUT2D eigenvalue weighted by molar-refractivity contribution is 5.60. The second-order valence-electron chi connectivity index (χ2n) is 7.59. The molecule has 3 heterocycles. The molecule has 0 spiro atoms. The Morgan fingerprint density at radius 2 is 1.88 bits per heavy atom. The van der Waals surface area contributed by atoms with E-state index in [0.717, 1.165) is 38.0 Å². The molecule has 0 atom stereocenters. The molecule has 0 unspecified atom stereocenters. The molecule has 9 nitrogen and oxygen atoms in total. The molecule has 1 saturated heterocycles. The predicted octanol–water partition coefficient (Wildman–Crippen LogP) is 3.69. The van der Waals surface area contributed by atoms with Gasteiger partial charge in [0.25, 0.3) is 0 Å². The average Bonchev–Trinajstić information content (AvgIpc) is 2.84. The Balaban J connectivity index is 0.000000588. The molecule has 1 amide bonds. The van der Waals surface area contributed by atoms with Crippen molar-refractivity contribution >= 4 is 29.7 Å². The van der Waals surface area contributed by atoms with Crippen LogP contribution >= 0.6 is 0 Å². The van der Waals surface area contributed by atoms with Crippen LogP contribution in [0.3, 0.4) is 0 Å². The van der Waals surface area contributed by atoms with Gasteiger partial charge >= 0.3 is 0 Å². The number of pyridine rings is 1. The monoisotopic (exact) mass is 467 g/mol. The zero-order valence-corrected chi connectivity index (χ0v) is 19.3. The van der Waals surface area contributed by atoms with Gasteiger partial charge in [0.2, 0.25) is 18.2 Å². The van der Waals surface area contributed by atoms with E-state index in [1.165, 1.54) is 12.1 Å². The van der Waals surface area contributed by atoms with Gasteiger partial charge in [-0.1, -0.05) is 6.07 Å². The van der Waals surface area contributed by atoms with E-state index in [4.69, 9.17) is 4.74 Å². The highest BCUT2D eigenvalue weighted by Gasteiger charge is 2.15. The van der Waals surface area contributed by atoms with Gasteiger partial charge in [-0.05, 0) is 70.1 Å². The quantitative estimate of drug-likeness (QED) is 0.371. The van der Waals surface area contributed by atoms with E-state index in [0.29, 0.717) is 35.6 Å². The van der Waals surface area contributed by atoms with Crippen LogP contribution in [0, 0.1) is 12.7 Å². The molecule has 0 bridgehead atoms. The van der Waals surface area contributed by atoms with E-state index in [1.807, 2.05) is 32.0 Å². The molecule has 3 aromatic rings. The molecule has 0 radical (unpaired) electrons. The van der Waals surface area contributed by atoms with E-state index in [-0.39, 0.29) is 11.9 Å². The first-order chi connectivity index (χ1) is 16.6. The van der Waals surface area contributed by atoms with Crippen molar-refractivity contribution in [2.24, 2.45) is 0 Å². The minimum absolute atomic E-state index is 0.186. The number of carbonyl (C=O) groups excluding carboxylic acids is 1.